The minimum Gasteiger partial charge on any atom is -0.325 e. The fourth-order valence-electron chi connectivity index (χ4n) is 2.61. The van der Waals surface area contributed by atoms with Gasteiger partial charge in [0.1, 0.15) is 11.6 Å². The Hall–Kier alpha value is -2.41. The largest absolute Gasteiger partial charge is 0.325 e. The molecule has 0 radical (unpaired) electrons. The van der Waals surface area contributed by atoms with E-state index in [9.17, 15) is 18.4 Å². The summed E-state index contributed by atoms with van der Waals surface area (Å²) < 4.78 is 26.4. The molecule has 0 spiro atoms. The van der Waals surface area contributed by atoms with Gasteiger partial charge in [0.2, 0.25) is 11.8 Å². The van der Waals surface area contributed by atoms with Gasteiger partial charge in [0.15, 0.2) is 0 Å². The second-order valence-electron chi connectivity index (χ2n) is 5.61. The van der Waals surface area contributed by atoms with E-state index in [2.05, 4.69) is 5.32 Å². The van der Waals surface area contributed by atoms with Crippen LogP contribution in [-0.2, 0) is 9.59 Å². The molecule has 7 heteroatoms. The molecule has 1 heterocycles. The number of rotatable bonds is 5. The number of anilines is 2. The van der Waals surface area contributed by atoms with Crippen molar-refractivity contribution in [3.63, 3.8) is 0 Å². The Bertz CT molecular complexity index is 813. The van der Waals surface area contributed by atoms with Crippen LogP contribution < -0.4 is 10.2 Å². The van der Waals surface area contributed by atoms with Crippen LogP contribution in [0.3, 0.4) is 0 Å². The SMILES string of the molecule is O=C(CSc1ccc(F)cc1F)Nc1cccc(N2CCCC2=O)c1. The Morgan fingerprint density at radius 3 is 2.76 bits per heavy atom. The lowest BCUT2D eigenvalue weighted by Crippen LogP contribution is -2.23. The first-order valence-corrected chi connectivity index (χ1v) is 8.79. The van der Waals surface area contributed by atoms with E-state index in [1.165, 1.54) is 6.07 Å². The van der Waals surface area contributed by atoms with Crippen molar-refractivity contribution in [1.82, 2.24) is 0 Å². The van der Waals surface area contributed by atoms with E-state index in [1.54, 1.807) is 23.1 Å². The molecule has 0 unspecified atom stereocenters. The van der Waals surface area contributed by atoms with Gasteiger partial charge in [-0.1, -0.05) is 6.07 Å². The third-order valence-corrected chi connectivity index (χ3v) is 4.82. The monoisotopic (exact) mass is 362 g/mol. The Labute approximate surface area is 148 Å². The second-order valence-corrected chi connectivity index (χ2v) is 6.63. The van der Waals surface area contributed by atoms with Crippen molar-refractivity contribution in [2.45, 2.75) is 17.7 Å². The molecule has 3 rings (SSSR count). The van der Waals surface area contributed by atoms with Crippen molar-refractivity contribution in [2.75, 3.05) is 22.5 Å². The van der Waals surface area contributed by atoms with Crippen molar-refractivity contribution in [1.29, 1.82) is 0 Å². The Morgan fingerprint density at radius 1 is 1.20 bits per heavy atom. The number of benzene rings is 2. The van der Waals surface area contributed by atoms with E-state index in [1.807, 2.05) is 6.07 Å². The standard InChI is InChI=1S/C18H16F2N2O2S/c19-12-6-7-16(15(20)9-12)25-11-17(23)21-13-3-1-4-14(10-13)22-8-2-5-18(22)24/h1,3-4,6-7,9-10H,2,5,8,11H2,(H,21,23). The first-order chi connectivity index (χ1) is 12.0. The number of nitrogens with zero attached hydrogens (tertiary/aromatic N) is 1. The number of thioether (sulfide) groups is 1. The molecule has 25 heavy (non-hydrogen) atoms. The first-order valence-electron chi connectivity index (χ1n) is 7.81. The molecule has 2 amide bonds. The molecule has 1 saturated heterocycles. The maximum absolute atomic E-state index is 13.6. The van der Waals surface area contributed by atoms with Crippen LogP contribution in [0.5, 0.6) is 0 Å². The number of nitrogens with one attached hydrogen (secondary N) is 1. The van der Waals surface area contributed by atoms with Crippen molar-refractivity contribution in [3.05, 3.63) is 54.1 Å². The van der Waals surface area contributed by atoms with Crippen LogP contribution in [-0.4, -0.2) is 24.1 Å². The van der Waals surface area contributed by atoms with Crippen molar-refractivity contribution >= 4 is 35.0 Å². The van der Waals surface area contributed by atoms with Gasteiger partial charge in [0.25, 0.3) is 0 Å². The molecule has 4 nitrogen and oxygen atoms in total. The van der Waals surface area contributed by atoms with Crippen LogP contribution in [0.2, 0.25) is 0 Å². The van der Waals surface area contributed by atoms with Gasteiger partial charge >= 0.3 is 0 Å². The summed E-state index contributed by atoms with van der Waals surface area (Å²) in [6.45, 7) is 0.677. The van der Waals surface area contributed by atoms with E-state index in [-0.39, 0.29) is 22.5 Å². The van der Waals surface area contributed by atoms with E-state index in [0.717, 1.165) is 36.0 Å². The number of hydrogen-bond donors (Lipinski definition) is 1. The molecule has 1 aliphatic heterocycles. The van der Waals surface area contributed by atoms with Crippen molar-refractivity contribution in [3.8, 4) is 0 Å². The summed E-state index contributed by atoms with van der Waals surface area (Å²) in [7, 11) is 0. The van der Waals surface area contributed by atoms with Crippen LogP contribution in [0.1, 0.15) is 12.8 Å². The summed E-state index contributed by atoms with van der Waals surface area (Å²) in [4.78, 5) is 25.8. The van der Waals surface area contributed by atoms with Gasteiger partial charge in [-0.15, -0.1) is 11.8 Å². The maximum atomic E-state index is 13.6. The third kappa shape index (κ3) is 4.36. The molecule has 1 fully saturated rings. The number of amides is 2. The van der Waals surface area contributed by atoms with Gasteiger partial charge in [0.05, 0.1) is 5.75 Å². The average molecular weight is 362 g/mol. The minimum atomic E-state index is -0.688. The molecule has 0 aromatic heterocycles. The quantitative estimate of drug-likeness (QED) is 0.823. The van der Waals surface area contributed by atoms with Crippen LogP contribution in [0.25, 0.3) is 0 Å². The lowest BCUT2D eigenvalue weighted by Gasteiger charge is -2.16. The fraction of sp³-hybridized carbons (Fsp3) is 0.222. The molecule has 1 N–H and O–H groups in total. The normalized spacial score (nSPS) is 14.0. The summed E-state index contributed by atoms with van der Waals surface area (Å²) in [5.74, 6) is -1.58. The predicted molar refractivity (Wildman–Crippen MR) is 93.7 cm³/mol. The zero-order valence-electron chi connectivity index (χ0n) is 13.3. The Kier molecular flexibility index (Phi) is 5.33. The zero-order valence-corrected chi connectivity index (χ0v) is 14.1. The molecular weight excluding hydrogens is 346 g/mol. The van der Waals surface area contributed by atoms with E-state index in [4.69, 9.17) is 0 Å². The Morgan fingerprint density at radius 2 is 2.04 bits per heavy atom. The molecular formula is C18H16F2N2O2S. The molecule has 0 bridgehead atoms. The molecule has 2 aromatic rings. The molecule has 0 aliphatic carbocycles. The number of halogens is 2. The molecule has 1 aliphatic rings. The van der Waals surface area contributed by atoms with Crippen LogP contribution in [0.4, 0.5) is 20.2 Å². The summed E-state index contributed by atoms with van der Waals surface area (Å²) in [5, 5.41) is 2.73. The summed E-state index contributed by atoms with van der Waals surface area (Å²) in [6, 6.07) is 10.3. The highest BCUT2D eigenvalue weighted by Crippen LogP contribution is 2.25. The molecule has 0 atom stereocenters. The fourth-order valence-corrected chi connectivity index (χ4v) is 3.33. The van der Waals surface area contributed by atoms with Gasteiger partial charge < -0.3 is 10.2 Å². The average Bonchev–Trinajstić information content (AvgIpc) is 3.00. The lowest BCUT2D eigenvalue weighted by atomic mass is 10.2. The van der Waals surface area contributed by atoms with Crippen LogP contribution in [0.15, 0.2) is 47.4 Å². The lowest BCUT2D eigenvalue weighted by molar-refractivity contribution is -0.117. The van der Waals surface area contributed by atoms with E-state index < -0.39 is 11.6 Å². The summed E-state index contributed by atoms with van der Waals surface area (Å²) >= 11 is 0.995. The van der Waals surface area contributed by atoms with Gasteiger partial charge in [0, 0.05) is 35.3 Å². The smallest absolute Gasteiger partial charge is 0.234 e. The second kappa shape index (κ2) is 7.65. The predicted octanol–water partition coefficient (Wildman–Crippen LogP) is 3.82. The van der Waals surface area contributed by atoms with Crippen LogP contribution in [0, 0.1) is 11.6 Å². The van der Waals surface area contributed by atoms with E-state index >= 15 is 0 Å². The van der Waals surface area contributed by atoms with Gasteiger partial charge in [-0.25, -0.2) is 8.78 Å². The van der Waals surface area contributed by atoms with Crippen molar-refractivity contribution in [2.24, 2.45) is 0 Å². The molecule has 0 saturated carbocycles. The highest BCUT2D eigenvalue weighted by molar-refractivity contribution is 8.00. The van der Waals surface area contributed by atoms with E-state index in [0.29, 0.717) is 18.7 Å². The number of hydrogen-bond acceptors (Lipinski definition) is 3. The first kappa shape index (κ1) is 17.4. The molecule has 2 aromatic carbocycles. The molecule has 130 valence electrons. The zero-order chi connectivity index (χ0) is 17.8. The van der Waals surface area contributed by atoms with Gasteiger partial charge in [-0.2, -0.15) is 0 Å². The summed E-state index contributed by atoms with van der Waals surface area (Å²) in [5.41, 5.74) is 1.32. The third-order valence-electron chi connectivity index (χ3n) is 3.77. The van der Waals surface area contributed by atoms with Crippen molar-refractivity contribution < 1.29 is 18.4 Å². The maximum Gasteiger partial charge on any atom is 0.234 e. The number of carbonyl (C=O) groups excluding carboxylic acids is 2. The minimum absolute atomic E-state index is 0.00454. The van der Waals surface area contributed by atoms with Gasteiger partial charge in [-0.05, 0) is 36.8 Å². The van der Waals surface area contributed by atoms with Gasteiger partial charge in [-0.3, -0.25) is 9.59 Å². The summed E-state index contributed by atoms with van der Waals surface area (Å²) in [6.07, 6.45) is 1.37. The Balaban J connectivity index is 1.60. The topological polar surface area (TPSA) is 49.4 Å². The highest BCUT2D eigenvalue weighted by atomic mass is 32.2. The van der Waals surface area contributed by atoms with Crippen LogP contribution >= 0.6 is 11.8 Å². The highest BCUT2D eigenvalue weighted by Gasteiger charge is 2.21. The number of carbonyl (C=O) groups is 2.